The number of amides is 1. The summed E-state index contributed by atoms with van der Waals surface area (Å²) in [5, 5.41) is 4.51. The van der Waals surface area contributed by atoms with E-state index in [4.69, 9.17) is 11.6 Å². The van der Waals surface area contributed by atoms with Crippen LogP contribution in [0.15, 0.2) is 24.3 Å². The van der Waals surface area contributed by atoms with Crippen molar-refractivity contribution in [2.75, 3.05) is 5.32 Å². The van der Waals surface area contributed by atoms with Gasteiger partial charge in [0, 0.05) is 22.8 Å². The van der Waals surface area contributed by atoms with Gasteiger partial charge >= 0.3 is 0 Å². The first-order valence-electron chi connectivity index (χ1n) is 7.85. The third-order valence-corrected chi connectivity index (χ3v) is 4.82. The van der Waals surface area contributed by atoms with Crippen LogP contribution in [0.1, 0.15) is 38.3 Å². The number of anilines is 1. The molecule has 0 aliphatic carbocycles. The molecule has 1 amide bonds. The Morgan fingerprint density at radius 3 is 2.46 bits per heavy atom. The zero-order chi connectivity index (χ0) is 18.8. The highest BCUT2D eigenvalue weighted by Gasteiger charge is 2.15. The van der Waals surface area contributed by atoms with E-state index in [-0.39, 0.29) is 17.5 Å². The Morgan fingerprint density at radius 2 is 1.81 bits per heavy atom. The SMILES string of the molecule is Cc1cc(C)nc(C(=O)Nc2sc(Cc3cc(F)cc(Cl)c3)nc2C)n1. The largest absolute Gasteiger partial charge is 0.309 e. The van der Waals surface area contributed by atoms with Crippen LogP contribution < -0.4 is 5.32 Å². The molecule has 2 aromatic heterocycles. The van der Waals surface area contributed by atoms with E-state index in [9.17, 15) is 9.18 Å². The molecule has 0 saturated carbocycles. The van der Waals surface area contributed by atoms with Gasteiger partial charge in [-0.2, -0.15) is 0 Å². The summed E-state index contributed by atoms with van der Waals surface area (Å²) in [7, 11) is 0. The molecule has 0 fully saturated rings. The van der Waals surface area contributed by atoms with Crippen LogP contribution in [0.5, 0.6) is 0 Å². The maximum absolute atomic E-state index is 13.5. The Morgan fingerprint density at radius 1 is 1.12 bits per heavy atom. The average Bonchev–Trinajstić information content (AvgIpc) is 2.84. The quantitative estimate of drug-likeness (QED) is 0.712. The Kier molecular flexibility index (Phi) is 5.29. The lowest BCUT2D eigenvalue weighted by Crippen LogP contribution is -2.16. The number of hydrogen-bond acceptors (Lipinski definition) is 5. The second-order valence-electron chi connectivity index (χ2n) is 5.91. The lowest BCUT2D eigenvalue weighted by Gasteiger charge is -2.04. The first-order valence-corrected chi connectivity index (χ1v) is 9.04. The van der Waals surface area contributed by atoms with E-state index in [1.165, 1.54) is 23.5 Å². The van der Waals surface area contributed by atoms with Crippen molar-refractivity contribution >= 4 is 33.8 Å². The molecule has 1 N–H and O–H groups in total. The summed E-state index contributed by atoms with van der Waals surface area (Å²) >= 11 is 7.22. The predicted octanol–water partition coefficient (Wildman–Crippen LogP) is 4.49. The molecule has 0 aliphatic rings. The number of carbonyl (C=O) groups excluding carboxylic acids is 1. The molecule has 1 aromatic carbocycles. The van der Waals surface area contributed by atoms with Gasteiger partial charge in [-0.3, -0.25) is 4.79 Å². The van der Waals surface area contributed by atoms with Crippen molar-refractivity contribution in [1.82, 2.24) is 15.0 Å². The van der Waals surface area contributed by atoms with E-state index >= 15 is 0 Å². The number of hydrogen-bond donors (Lipinski definition) is 1. The molecule has 3 rings (SSSR count). The Bertz CT molecular complexity index is 949. The number of benzene rings is 1. The lowest BCUT2D eigenvalue weighted by molar-refractivity contribution is 0.101. The highest BCUT2D eigenvalue weighted by molar-refractivity contribution is 7.16. The lowest BCUT2D eigenvalue weighted by atomic mass is 10.1. The second kappa shape index (κ2) is 7.47. The van der Waals surface area contributed by atoms with Crippen LogP contribution in [-0.2, 0) is 6.42 Å². The molecule has 0 aliphatic heterocycles. The number of nitrogens with zero attached hydrogens (tertiary/aromatic N) is 3. The molecule has 0 bridgehead atoms. The number of halogens is 2. The number of carbonyl (C=O) groups is 1. The van der Waals surface area contributed by atoms with Gasteiger partial charge in [0.15, 0.2) is 0 Å². The van der Waals surface area contributed by atoms with E-state index in [1.54, 1.807) is 19.1 Å². The smallest absolute Gasteiger partial charge is 0.294 e. The van der Waals surface area contributed by atoms with E-state index in [1.807, 2.05) is 13.8 Å². The molecule has 5 nitrogen and oxygen atoms in total. The molecular weight excluding hydrogens is 375 g/mol. The zero-order valence-electron chi connectivity index (χ0n) is 14.4. The van der Waals surface area contributed by atoms with Crippen molar-refractivity contribution in [1.29, 1.82) is 0 Å². The van der Waals surface area contributed by atoms with Crippen LogP contribution in [0.2, 0.25) is 5.02 Å². The predicted molar refractivity (Wildman–Crippen MR) is 101 cm³/mol. The van der Waals surface area contributed by atoms with Gasteiger partial charge in [0.25, 0.3) is 5.91 Å². The summed E-state index contributed by atoms with van der Waals surface area (Å²) in [4.78, 5) is 25.2. The maximum Gasteiger partial charge on any atom is 0.294 e. The molecule has 134 valence electrons. The van der Waals surface area contributed by atoms with Gasteiger partial charge in [-0.25, -0.2) is 19.3 Å². The molecule has 8 heteroatoms. The maximum atomic E-state index is 13.5. The minimum Gasteiger partial charge on any atom is -0.309 e. The summed E-state index contributed by atoms with van der Waals surface area (Å²) in [6.45, 7) is 5.42. The summed E-state index contributed by atoms with van der Waals surface area (Å²) in [6.07, 6.45) is 0.429. The topological polar surface area (TPSA) is 67.8 Å². The van der Waals surface area contributed by atoms with Crippen LogP contribution in [-0.4, -0.2) is 20.9 Å². The van der Waals surface area contributed by atoms with Crippen LogP contribution in [0, 0.1) is 26.6 Å². The van der Waals surface area contributed by atoms with Gasteiger partial charge in [0.1, 0.15) is 10.8 Å². The molecule has 0 atom stereocenters. The minimum atomic E-state index is -0.388. The van der Waals surface area contributed by atoms with Gasteiger partial charge in [0.2, 0.25) is 5.82 Å². The molecule has 2 heterocycles. The van der Waals surface area contributed by atoms with Gasteiger partial charge in [-0.05, 0) is 50.6 Å². The molecule has 0 radical (unpaired) electrons. The summed E-state index contributed by atoms with van der Waals surface area (Å²) < 4.78 is 13.5. The Balaban J connectivity index is 1.78. The van der Waals surface area contributed by atoms with E-state index < -0.39 is 0 Å². The Labute approximate surface area is 159 Å². The van der Waals surface area contributed by atoms with Gasteiger partial charge in [-0.15, -0.1) is 11.3 Å². The second-order valence-corrected chi connectivity index (χ2v) is 7.43. The van der Waals surface area contributed by atoms with Crippen molar-refractivity contribution < 1.29 is 9.18 Å². The molecule has 3 aromatic rings. The highest BCUT2D eigenvalue weighted by Crippen LogP contribution is 2.27. The average molecular weight is 391 g/mol. The van der Waals surface area contributed by atoms with Crippen LogP contribution >= 0.6 is 22.9 Å². The number of nitrogens with one attached hydrogen (secondary N) is 1. The number of thiazole rings is 1. The number of aryl methyl sites for hydroxylation is 3. The fraction of sp³-hybridized carbons (Fsp3) is 0.222. The molecule has 26 heavy (non-hydrogen) atoms. The third-order valence-electron chi connectivity index (χ3n) is 3.53. The standard InChI is InChI=1S/C18H16ClFN4OS/c1-9-4-10(2)22-16(21-9)17(25)24-18-11(3)23-15(26-18)7-12-5-13(19)8-14(20)6-12/h4-6,8H,7H2,1-3H3,(H,24,25). The normalized spacial score (nSPS) is 10.8. The molecule has 0 unspecified atom stereocenters. The monoisotopic (exact) mass is 390 g/mol. The number of aromatic nitrogens is 3. The van der Waals surface area contributed by atoms with Crippen LogP contribution in [0.25, 0.3) is 0 Å². The molecule has 0 saturated heterocycles. The molecule has 0 spiro atoms. The fourth-order valence-electron chi connectivity index (χ4n) is 2.52. The first kappa shape index (κ1) is 18.4. The highest BCUT2D eigenvalue weighted by atomic mass is 35.5. The van der Waals surface area contributed by atoms with E-state index in [0.717, 1.165) is 22.0 Å². The summed E-state index contributed by atoms with van der Waals surface area (Å²) in [5.41, 5.74) is 2.86. The van der Waals surface area contributed by atoms with Crippen molar-refractivity contribution in [2.24, 2.45) is 0 Å². The van der Waals surface area contributed by atoms with Crippen LogP contribution in [0.3, 0.4) is 0 Å². The van der Waals surface area contributed by atoms with Crippen molar-refractivity contribution in [3.63, 3.8) is 0 Å². The van der Waals surface area contributed by atoms with E-state index in [2.05, 4.69) is 20.3 Å². The third kappa shape index (κ3) is 4.42. The van der Waals surface area contributed by atoms with E-state index in [0.29, 0.717) is 22.1 Å². The van der Waals surface area contributed by atoms with Crippen molar-refractivity contribution in [3.05, 3.63) is 68.6 Å². The fourth-order valence-corrected chi connectivity index (χ4v) is 3.76. The minimum absolute atomic E-state index is 0.119. The first-order chi connectivity index (χ1) is 12.3. The van der Waals surface area contributed by atoms with Gasteiger partial charge < -0.3 is 5.32 Å². The zero-order valence-corrected chi connectivity index (χ0v) is 16.0. The summed E-state index contributed by atoms with van der Waals surface area (Å²) in [5.74, 6) is -0.654. The van der Waals surface area contributed by atoms with Crippen molar-refractivity contribution in [2.45, 2.75) is 27.2 Å². The van der Waals surface area contributed by atoms with Gasteiger partial charge in [-0.1, -0.05) is 11.6 Å². The molecular formula is C18H16ClFN4OS. The number of rotatable bonds is 4. The van der Waals surface area contributed by atoms with Gasteiger partial charge in [0.05, 0.1) is 10.7 Å². The summed E-state index contributed by atoms with van der Waals surface area (Å²) in [6, 6.07) is 6.18. The van der Waals surface area contributed by atoms with Crippen LogP contribution in [0.4, 0.5) is 9.39 Å². The Hall–Kier alpha value is -2.38. The van der Waals surface area contributed by atoms with Crippen molar-refractivity contribution in [3.8, 4) is 0 Å².